The molecule has 0 aliphatic carbocycles. The molecule has 0 aliphatic heterocycles. The summed E-state index contributed by atoms with van der Waals surface area (Å²) in [6, 6.07) is 8.50. The Hall–Kier alpha value is -3.16. The van der Waals surface area contributed by atoms with E-state index in [0.717, 1.165) is 16.8 Å². The number of ether oxygens (including phenoxy) is 1. The number of carbonyl (C=O) groups excluding carboxylic acids is 2. The van der Waals surface area contributed by atoms with Crippen LogP contribution >= 0.6 is 0 Å². The molecule has 0 fully saturated rings. The lowest BCUT2D eigenvalue weighted by atomic mass is 10.1. The predicted molar refractivity (Wildman–Crippen MR) is 111 cm³/mol. The number of hydrogen-bond donors (Lipinski definition) is 3. The van der Waals surface area contributed by atoms with E-state index in [0.29, 0.717) is 5.82 Å². The molecule has 29 heavy (non-hydrogen) atoms. The molecule has 2 rings (SSSR count). The summed E-state index contributed by atoms with van der Waals surface area (Å²) in [7, 11) is 0. The first kappa shape index (κ1) is 22.1. The van der Waals surface area contributed by atoms with E-state index >= 15 is 0 Å². The maximum Gasteiger partial charge on any atom is 0.408 e. The molecule has 1 aromatic heterocycles. The van der Waals surface area contributed by atoms with Gasteiger partial charge in [0.1, 0.15) is 24.8 Å². The third-order valence-corrected chi connectivity index (χ3v) is 4.13. The highest BCUT2D eigenvalue weighted by atomic mass is 16.5. The molecule has 0 bridgehead atoms. The van der Waals surface area contributed by atoms with Crippen LogP contribution in [0.1, 0.15) is 37.6 Å². The maximum absolute atomic E-state index is 12.7. The van der Waals surface area contributed by atoms with Crippen LogP contribution in [0.2, 0.25) is 0 Å². The average molecular weight is 399 g/mol. The van der Waals surface area contributed by atoms with Gasteiger partial charge in [0.15, 0.2) is 0 Å². The molecule has 8 heteroatoms. The molecular weight excluding hydrogens is 370 g/mol. The molecule has 1 atom stereocenters. The zero-order valence-corrected chi connectivity index (χ0v) is 17.6. The first-order valence-electron chi connectivity index (χ1n) is 9.47. The van der Waals surface area contributed by atoms with Crippen molar-refractivity contribution in [2.45, 2.75) is 52.8 Å². The molecule has 1 heterocycles. The van der Waals surface area contributed by atoms with E-state index < -0.39 is 17.7 Å². The molecule has 1 aromatic carbocycles. The summed E-state index contributed by atoms with van der Waals surface area (Å²) in [5, 5.41) is 8.63. The van der Waals surface area contributed by atoms with Crippen LogP contribution in [0.15, 0.2) is 36.7 Å². The minimum atomic E-state index is -0.841. The second-order valence-electron chi connectivity index (χ2n) is 7.81. The molecule has 3 N–H and O–H groups in total. The van der Waals surface area contributed by atoms with Crippen LogP contribution in [-0.4, -0.2) is 40.1 Å². The number of alkyl carbamates (subject to hydrolysis) is 1. The van der Waals surface area contributed by atoms with Gasteiger partial charge in [0, 0.05) is 23.3 Å². The smallest absolute Gasteiger partial charge is 0.408 e. The number of aryl methyl sites for hydroxylation is 1. The van der Waals surface area contributed by atoms with Crippen LogP contribution in [0, 0.1) is 13.8 Å². The fraction of sp³-hybridized carbons (Fsp3) is 0.429. The van der Waals surface area contributed by atoms with Crippen molar-refractivity contribution < 1.29 is 14.3 Å². The molecule has 0 radical (unpaired) electrons. The molecule has 1 unspecified atom stereocenters. The van der Waals surface area contributed by atoms with Gasteiger partial charge in [-0.1, -0.05) is 30.3 Å². The van der Waals surface area contributed by atoms with E-state index in [2.05, 4.69) is 25.9 Å². The van der Waals surface area contributed by atoms with Gasteiger partial charge < -0.3 is 20.7 Å². The van der Waals surface area contributed by atoms with Crippen molar-refractivity contribution in [3.8, 4) is 0 Å². The fourth-order valence-corrected chi connectivity index (χ4v) is 2.49. The molecular formula is C21H29N5O3. The molecule has 2 amide bonds. The minimum absolute atomic E-state index is 0.123. The Balaban J connectivity index is 2.02. The first-order chi connectivity index (χ1) is 13.7. The van der Waals surface area contributed by atoms with Gasteiger partial charge in [0.25, 0.3) is 0 Å². The third-order valence-electron chi connectivity index (χ3n) is 4.13. The van der Waals surface area contributed by atoms with Crippen LogP contribution in [-0.2, 0) is 16.1 Å². The number of aromatic nitrogens is 2. The minimum Gasteiger partial charge on any atom is -0.445 e. The molecule has 2 aromatic rings. The molecule has 0 saturated carbocycles. The summed E-state index contributed by atoms with van der Waals surface area (Å²) < 4.78 is 5.25. The van der Waals surface area contributed by atoms with E-state index in [4.69, 9.17) is 4.74 Å². The summed E-state index contributed by atoms with van der Waals surface area (Å²) in [5.41, 5.74) is 2.15. The van der Waals surface area contributed by atoms with Crippen LogP contribution in [0.5, 0.6) is 0 Å². The van der Waals surface area contributed by atoms with E-state index in [1.165, 1.54) is 6.33 Å². The number of hydrogen-bond acceptors (Lipinski definition) is 6. The number of rotatable bonds is 7. The van der Waals surface area contributed by atoms with Gasteiger partial charge in [-0.2, -0.15) is 0 Å². The van der Waals surface area contributed by atoms with Gasteiger partial charge in [-0.15, -0.1) is 0 Å². The Kier molecular flexibility index (Phi) is 7.52. The lowest BCUT2D eigenvalue weighted by molar-refractivity contribution is -0.124. The maximum atomic E-state index is 12.7. The van der Waals surface area contributed by atoms with Crippen LogP contribution in [0.3, 0.4) is 0 Å². The van der Waals surface area contributed by atoms with Crippen molar-refractivity contribution in [3.05, 3.63) is 53.5 Å². The zero-order chi connectivity index (χ0) is 21.4. The second-order valence-corrected chi connectivity index (χ2v) is 7.81. The standard InChI is InChI=1S/C21H29N5O3/c1-14-15(2)23-13-24-18(14)22-11-17(19(27)26-21(3,4)5)25-20(28)29-12-16-9-7-6-8-10-16/h6-10,13,17H,11-12H2,1-5H3,(H,25,28)(H,26,27)(H,22,23,24). The monoisotopic (exact) mass is 399 g/mol. The van der Waals surface area contributed by atoms with Crippen molar-refractivity contribution in [3.63, 3.8) is 0 Å². The molecule has 156 valence electrons. The zero-order valence-electron chi connectivity index (χ0n) is 17.6. The van der Waals surface area contributed by atoms with Crippen molar-refractivity contribution in [2.75, 3.05) is 11.9 Å². The Labute approximate surface area is 171 Å². The quantitative estimate of drug-likeness (QED) is 0.661. The molecule has 8 nitrogen and oxygen atoms in total. The lowest BCUT2D eigenvalue weighted by Crippen LogP contribution is -2.54. The van der Waals surface area contributed by atoms with Gasteiger partial charge in [-0.3, -0.25) is 4.79 Å². The summed E-state index contributed by atoms with van der Waals surface area (Å²) in [4.78, 5) is 33.3. The summed E-state index contributed by atoms with van der Waals surface area (Å²) in [5.74, 6) is 0.301. The molecule has 0 saturated heterocycles. The number of anilines is 1. The van der Waals surface area contributed by atoms with E-state index in [1.54, 1.807) is 0 Å². The Bertz CT molecular complexity index is 834. The summed E-state index contributed by atoms with van der Waals surface area (Å²) >= 11 is 0. The summed E-state index contributed by atoms with van der Waals surface area (Å²) in [6.45, 7) is 9.68. The van der Waals surface area contributed by atoms with Crippen LogP contribution in [0.25, 0.3) is 0 Å². The Morgan fingerprint density at radius 3 is 2.45 bits per heavy atom. The second kappa shape index (κ2) is 9.86. The number of carbonyl (C=O) groups is 2. The highest BCUT2D eigenvalue weighted by Gasteiger charge is 2.25. The molecule has 0 spiro atoms. The number of benzene rings is 1. The van der Waals surface area contributed by atoms with E-state index in [-0.39, 0.29) is 19.1 Å². The SMILES string of the molecule is Cc1ncnc(NCC(NC(=O)OCc2ccccc2)C(=O)NC(C)(C)C)c1C. The van der Waals surface area contributed by atoms with Crippen LogP contribution < -0.4 is 16.0 Å². The fourth-order valence-electron chi connectivity index (χ4n) is 2.49. The first-order valence-corrected chi connectivity index (χ1v) is 9.47. The highest BCUT2D eigenvalue weighted by molar-refractivity contribution is 5.86. The summed E-state index contributed by atoms with van der Waals surface area (Å²) in [6.07, 6.45) is 0.788. The van der Waals surface area contributed by atoms with Crippen molar-refractivity contribution >= 4 is 17.8 Å². The Morgan fingerprint density at radius 1 is 1.10 bits per heavy atom. The van der Waals surface area contributed by atoms with Gasteiger partial charge in [-0.25, -0.2) is 14.8 Å². The van der Waals surface area contributed by atoms with Gasteiger partial charge in [-0.05, 0) is 40.2 Å². The predicted octanol–water partition coefficient (Wildman–Crippen LogP) is 2.72. The van der Waals surface area contributed by atoms with E-state index in [1.807, 2.05) is 65.0 Å². The molecule has 0 aliphatic rings. The van der Waals surface area contributed by atoms with E-state index in [9.17, 15) is 9.59 Å². The topological polar surface area (TPSA) is 105 Å². The normalized spacial score (nSPS) is 12.0. The van der Waals surface area contributed by atoms with Gasteiger partial charge in [0.05, 0.1) is 0 Å². The van der Waals surface area contributed by atoms with Crippen LogP contribution in [0.4, 0.5) is 10.6 Å². The largest absolute Gasteiger partial charge is 0.445 e. The Morgan fingerprint density at radius 2 is 1.79 bits per heavy atom. The lowest BCUT2D eigenvalue weighted by Gasteiger charge is -2.26. The average Bonchev–Trinajstić information content (AvgIpc) is 2.66. The van der Waals surface area contributed by atoms with Gasteiger partial charge in [0.2, 0.25) is 5.91 Å². The third kappa shape index (κ3) is 7.40. The number of amides is 2. The van der Waals surface area contributed by atoms with Crippen molar-refractivity contribution in [2.24, 2.45) is 0 Å². The van der Waals surface area contributed by atoms with Crippen molar-refractivity contribution in [1.82, 2.24) is 20.6 Å². The number of nitrogens with zero attached hydrogens (tertiary/aromatic N) is 2. The number of nitrogens with one attached hydrogen (secondary N) is 3. The van der Waals surface area contributed by atoms with Gasteiger partial charge >= 0.3 is 6.09 Å². The highest BCUT2D eigenvalue weighted by Crippen LogP contribution is 2.12. The van der Waals surface area contributed by atoms with Crippen molar-refractivity contribution in [1.29, 1.82) is 0 Å².